The summed E-state index contributed by atoms with van der Waals surface area (Å²) in [7, 11) is 0. The minimum absolute atomic E-state index is 0.0658. The molecule has 0 amide bonds. The van der Waals surface area contributed by atoms with E-state index in [2.05, 4.69) is 6.58 Å². The van der Waals surface area contributed by atoms with Crippen LogP contribution in [0.5, 0.6) is 11.5 Å². The molecular weight excluding hydrogens is 290 g/mol. The zero-order chi connectivity index (χ0) is 15.9. The van der Waals surface area contributed by atoms with Gasteiger partial charge in [0, 0.05) is 6.54 Å². The van der Waals surface area contributed by atoms with Gasteiger partial charge in [0.05, 0.1) is 0 Å². The van der Waals surface area contributed by atoms with Crippen LogP contribution < -0.4 is 9.47 Å². The van der Waals surface area contributed by atoms with E-state index in [1.807, 2.05) is 6.07 Å². The molecule has 1 aromatic heterocycles. The van der Waals surface area contributed by atoms with Gasteiger partial charge in [-0.05, 0) is 12.1 Å². The topological polar surface area (TPSA) is 98.0 Å². The first-order chi connectivity index (χ1) is 10.5. The number of nitrogens with zero attached hydrogens (tertiary/aromatic N) is 1. The summed E-state index contributed by atoms with van der Waals surface area (Å²) in [6, 6.07) is 8.90. The van der Waals surface area contributed by atoms with Crippen molar-refractivity contribution in [3.63, 3.8) is 0 Å². The van der Waals surface area contributed by atoms with Crippen molar-refractivity contribution in [1.82, 2.24) is 4.57 Å². The Morgan fingerprint density at radius 3 is 1.95 bits per heavy atom. The molecular formula is C15H11NO6. The van der Waals surface area contributed by atoms with Crippen LogP contribution in [0.2, 0.25) is 0 Å². The normalized spacial score (nSPS) is 12.5. The Bertz CT molecular complexity index is 747. The Labute approximate surface area is 124 Å². The molecule has 0 spiro atoms. The van der Waals surface area contributed by atoms with Crippen LogP contribution in [0.3, 0.4) is 0 Å². The van der Waals surface area contributed by atoms with E-state index < -0.39 is 11.9 Å². The number of aromatic carboxylic acids is 2. The summed E-state index contributed by atoms with van der Waals surface area (Å²) in [5, 5.41) is 18.8. The monoisotopic (exact) mass is 301 g/mol. The second kappa shape index (κ2) is 4.96. The van der Waals surface area contributed by atoms with Crippen molar-refractivity contribution in [1.29, 1.82) is 0 Å². The number of benzene rings is 1. The average molecular weight is 301 g/mol. The zero-order valence-corrected chi connectivity index (χ0v) is 11.3. The number of rotatable bonds is 4. The lowest BCUT2D eigenvalue weighted by Gasteiger charge is -2.10. The maximum Gasteiger partial charge on any atom is 0.356 e. The number of carboxylic acid groups (broad SMARTS) is 2. The summed E-state index contributed by atoms with van der Waals surface area (Å²) in [6.45, 7) is 3.48. The van der Waals surface area contributed by atoms with Gasteiger partial charge in [-0.25, -0.2) is 9.59 Å². The van der Waals surface area contributed by atoms with Crippen molar-refractivity contribution in [3.05, 3.63) is 59.8 Å². The molecule has 2 heterocycles. The molecule has 0 unspecified atom stereocenters. The molecule has 0 aliphatic carbocycles. The molecule has 3 rings (SSSR count). The summed E-state index contributed by atoms with van der Waals surface area (Å²) >= 11 is 0. The molecule has 2 N–H and O–H groups in total. The third kappa shape index (κ3) is 2.08. The zero-order valence-electron chi connectivity index (χ0n) is 11.3. The summed E-state index contributed by atoms with van der Waals surface area (Å²) in [6.07, 6.45) is 0. The summed E-state index contributed by atoms with van der Waals surface area (Å²) < 4.78 is 11.4. The number of ether oxygens (including phenoxy) is 2. The fourth-order valence-corrected chi connectivity index (χ4v) is 2.36. The molecule has 7 heteroatoms. The molecule has 2 aromatic rings. The number of aromatic nitrogens is 1. The number of hydrogen-bond acceptors (Lipinski definition) is 4. The van der Waals surface area contributed by atoms with Crippen molar-refractivity contribution >= 4 is 11.9 Å². The van der Waals surface area contributed by atoms with Crippen LogP contribution in [0.1, 0.15) is 26.5 Å². The molecule has 1 aliphatic rings. The molecule has 112 valence electrons. The van der Waals surface area contributed by atoms with Gasteiger partial charge < -0.3 is 24.3 Å². The molecule has 0 bridgehead atoms. The van der Waals surface area contributed by atoms with E-state index in [0.29, 0.717) is 0 Å². The van der Waals surface area contributed by atoms with Gasteiger partial charge in [-0.3, -0.25) is 0 Å². The Morgan fingerprint density at radius 2 is 1.50 bits per heavy atom. The Balaban J connectivity index is 2.20. The summed E-state index contributed by atoms with van der Waals surface area (Å²) in [5.74, 6) is -3.03. The summed E-state index contributed by atoms with van der Waals surface area (Å²) in [4.78, 5) is 23.1. The van der Waals surface area contributed by atoms with Crippen molar-refractivity contribution in [3.8, 4) is 11.5 Å². The van der Waals surface area contributed by atoms with E-state index in [1.165, 1.54) is 0 Å². The van der Waals surface area contributed by atoms with Crippen LogP contribution in [-0.2, 0) is 6.54 Å². The lowest BCUT2D eigenvalue weighted by atomic mass is 10.2. The minimum atomic E-state index is -1.31. The van der Waals surface area contributed by atoms with Crippen LogP contribution in [-0.4, -0.2) is 26.7 Å². The van der Waals surface area contributed by atoms with E-state index >= 15 is 0 Å². The van der Waals surface area contributed by atoms with Crippen LogP contribution in [0.4, 0.5) is 0 Å². The first-order valence-electron chi connectivity index (χ1n) is 6.30. The van der Waals surface area contributed by atoms with Gasteiger partial charge in [-0.2, -0.15) is 0 Å². The molecule has 1 aromatic carbocycles. The fraction of sp³-hybridized carbons (Fsp3) is 0.0667. The average Bonchev–Trinajstić information content (AvgIpc) is 2.93. The highest BCUT2D eigenvalue weighted by Gasteiger charge is 2.38. The Hall–Kier alpha value is -3.22. The first kappa shape index (κ1) is 13.7. The van der Waals surface area contributed by atoms with Crippen LogP contribution in [0.25, 0.3) is 0 Å². The summed E-state index contributed by atoms with van der Waals surface area (Å²) in [5.41, 5.74) is 0.185. The van der Waals surface area contributed by atoms with E-state index in [1.54, 1.807) is 24.3 Å². The largest absolute Gasteiger partial charge is 0.476 e. The molecule has 0 radical (unpaired) electrons. The van der Waals surface area contributed by atoms with Crippen LogP contribution in [0, 0.1) is 0 Å². The molecule has 22 heavy (non-hydrogen) atoms. The number of hydrogen-bond donors (Lipinski definition) is 2. The number of carbonyl (C=O) groups is 2. The third-order valence-electron chi connectivity index (χ3n) is 3.20. The standard InChI is InChI=1S/C15H11NO6/c1-8-21-12-10(14(17)18)16(7-9-5-3-2-4-6-9)11(15(19)20)13(12)22-8/h2-6H,1,7H2,(H,17,18)(H,19,20). The van der Waals surface area contributed by atoms with Gasteiger partial charge in [-0.1, -0.05) is 30.3 Å². The van der Waals surface area contributed by atoms with Gasteiger partial charge in [-0.15, -0.1) is 0 Å². The molecule has 0 fully saturated rings. The van der Waals surface area contributed by atoms with Crippen LogP contribution >= 0.6 is 0 Å². The Morgan fingerprint density at radius 1 is 1.00 bits per heavy atom. The lowest BCUT2D eigenvalue weighted by molar-refractivity contribution is 0.0673. The van der Waals surface area contributed by atoms with Crippen molar-refractivity contribution < 1.29 is 29.3 Å². The van der Waals surface area contributed by atoms with E-state index in [9.17, 15) is 19.8 Å². The Kier molecular flexibility index (Phi) is 3.10. The van der Waals surface area contributed by atoms with Gasteiger partial charge >= 0.3 is 11.9 Å². The molecule has 7 nitrogen and oxygen atoms in total. The van der Waals surface area contributed by atoms with Gasteiger partial charge in [0.25, 0.3) is 5.95 Å². The van der Waals surface area contributed by atoms with E-state index in [-0.39, 0.29) is 35.4 Å². The highest BCUT2D eigenvalue weighted by Crippen LogP contribution is 2.44. The molecule has 1 aliphatic heterocycles. The lowest BCUT2D eigenvalue weighted by Crippen LogP contribution is -2.17. The van der Waals surface area contributed by atoms with Crippen molar-refractivity contribution in [2.45, 2.75) is 6.54 Å². The first-order valence-corrected chi connectivity index (χ1v) is 6.30. The van der Waals surface area contributed by atoms with Gasteiger partial charge in [0.2, 0.25) is 11.5 Å². The smallest absolute Gasteiger partial charge is 0.356 e. The second-order valence-electron chi connectivity index (χ2n) is 4.61. The molecule has 0 atom stereocenters. The van der Waals surface area contributed by atoms with Gasteiger partial charge in [0.15, 0.2) is 11.4 Å². The highest BCUT2D eigenvalue weighted by atomic mass is 16.7. The predicted octanol–water partition coefficient (Wildman–Crippen LogP) is 2.18. The third-order valence-corrected chi connectivity index (χ3v) is 3.20. The highest BCUT2D eigenvalue weighted by molar-refractivity contribution is 5.99. The quantitative estimate of drug-likeness (QED) is 0.898. The van der Waals surface area contributed by atoms with Crippen LogP contribution in [0.15, 0.2) is 42.9 Å². The number of carboxylic acids is 2. The maximum atomic E-state index is 11.5. The predicted molar refractivity (Wildman–Crippen MR) is 74.3 cm³/mol. The number of fused-ring (bicyclic) bond motifs is 1. The van der Waals surface area contributed by atoms with Gasteiger partial charge in [0.1, 0.15) is 0 Å². The molecule has 0 saturated carbocycles. The van der Waals surface area contributed by atoms with Crippen molar-refractivity contribution in [2.75, 3.05) is 0 Å². The molecule has 0 saturated heterocycles. The van der Waals surface area contributed by atoms with Crippen molar-refractivity contribution in [2.24, 2.45) is 0 Å². The van der Waals surface area contributed by atoms with E-state index in [4.69, 9.17) is 9.47 Å². The maximum absolute atomic E-state index is 11.5. The SMILES string of the molecule is C=C1Oc2c(c(C(=O)O)n(Cc3ccccc3)c2C(=O)O)O1. The fourth-order valence-electron chi connectivity index (χ4n) is 2.36. The van der Waals surface area contributed by atoms with E-state index in [0.717, 1.165) is 10.1 Å². The second-order valence-corrected chi connectivity index (χ2v) is 4.61. The minimum Gasteiger partial charge on any atom is -0.476 e.